The number of aliphatic imine (C=N–C) groups is 1. The summed E-state index contributed by atoms with van der Waals surface area (Å²) in [5, 5.41) is 10.2. The van der Waals surface area contributed by atoms with Crippen molar-refractivity contribution in [1.29, 1.82) is 0 Å². The number of aliphatic hydroxyl groups excluding tert-OH is 1. The molecule has 7 heteroatoms. The van der Waals surface area contributed by atoms with Gasteiger partial charge in [0, 0.05) is 57.1 Å². The van der Waals surface area contributed by atoms with E-state index in [-0.39, 0.29) is 29.4 Å². The minimum absolute atomic E-state index is 0.0685. The molecule has 0 aromatic heterocycles. The Morgan fingerprint density at radius 1 is 1.12 bits per heavy atom. The molecule has 2 aliphatic rings. The molecule has 2 aromatic carbocycles. The van der Waals surface area contributed by atoms with Crippen LogP contribution in [0.4, 0.5) is 0 Å². The molecule has 3 unspecified atom stereocenters. The van der Waals surface area contributed by atoms with Gasteiger partial charge in [0.05, 0.1) is 12.1 Å². The quantitative estimate of drug-likeness (QED) is 0.198. The topological polar surface area (TPSA) is 68.2 Å². The molecular weight excluding hydrogens is 516 g/mol. The molecule has 0 spiro atoms. The monoisotopic (exact) mass is 558 g/mol. The van der Waals surface area contributed by atoms with Crippen molar-refractivity contribution < 1.29 is 9.90 Å². The fraction of sp³-hybridized carbons (Fsp3) is 0.394. The Kier molecular flexibility index (Phi) is 11.1. The Morgan fingerprint density at radius 3 is 2.55 bits per heavy atom. The van der Waals surface area contributed by atoms with Crippen molar-refractivity contribution in [2.24, 2.45) is 16.8 Å². The summed E-state index contributed by atoms with van der Waals surface area (Å²) >= 11 is 1.46. The number of piperazine rings is 1. The largest absolute Gasteiger partial charge is 0.507 e. The van der Waals surface area contributed by atoms with Gasteiger partial charge in [-0.05, 0) is 53.1 Å². The van der Waals surface area contributed by atoms with Crippen LogP contribution in [0.1, 0.15) is 42.9 Å². The Hall–Kier alpha value is -3.29. The van der Waals surface area contributed by atoms with Gasteiger partial charge in [-0.25, -0.2) is 0 Å². The third-order valence-electron chi connectivity index (χ3n) is 7.69. The SMILES string of the molecule is CCC(C=C(O)/C=N/C)c1ccccc1CN1CCN(C2=CC(C)C(C(=O)NSCc3ccccc3)C=C2)CC1. The lowest BCUT2D eigenvalue weighted by atomic mass is 9.88. The van der Waals surface area contributed by atoms with E-state index in [9.17, 15) is 9.90 Å². The Bertz CT molecular complexity index is 1230. The third-order valence-corrected chi connectivity index (χ3v) is 8.51. The highest BCUT2D eigenvalue weighted by Gasteiger charge is 2.27. The lowest BCUT2D eigenvalue weighted by Gasteiger charge is -2.38. The van der Waals surface area contributed by atoms with E-state index in [0.29, 0.717) is 0 Å². The summed E-state index contributed by atoms with van der Waals surface area (Å²) < 4.78 is 3.04. The van der Waals surface area contributed by atoms with Crippen LogP contribution < -0.4 is 4.72 Å². The minimum Gasteiger partial charge on any atom is -0.507 e. The van der Waals surface area contributed by atoms with E-state index in [2.05, 4.69) is 88.0 Å². The summed E-state index contributed by atoms with van der Waals surface area (Å²) in [5.41, 5.74) is 5.00. The number of carbonyl (C=O) groups is 1. The second kappa shape index (κ2) is 14.9. The molecular formula is C33H42N4O2S. The molecule has 3 atom stereocenters. The van der Waals surface area contributed by atoms with E-state index >= 15 is 0 Å². The number of rotatable bonds is 11. The van der Waals surface area contributed by atoms with Crippen LogP contribution in [0.2, 0.25) is 0 Å². The fourth-order valence-electron chi connectivity index (χ4n) is 5.43. The number of amides is 1. The van der Waals surface area contributed by atoms with Gasteiger partial charge in [-0.15, -0.1) is 0 Å². The van der Waals surface area contributed by atoms with Crippen molar-refractivity contribution in [2.45, 2.75) is 38.5 Å². The Balaban J connectivity index is 1.28. The molecule has 0 bridgehead atoms. The molecule has 40 heavy (non-hydrogen) atoms. The summed E-state index contributed by atoms with van der Waals surface area (Å²) in [7, 11) is 1.67. The maximum Gasteiger partial charge on any atom is 0.237 e. The second-order valence-corrected chi connectivity index (χ2v) is 11.3. The zero-order valence-electron chi connectivity index (χ0n) is 23.9. The molecule has 1 aliphatic carbocycles. The molecule has 1 heterocycles. The van der Waals surface area contributed by atoms with Crippen LogP contribution in [0.25, 0.3) is 0 Å². The number of nitrogens with zero attached hydrogens (tertiary/aromatic N) is 3. The second-order valence-electron chi connectivity index (χ2n) is 10.5. The van der Waals surface area contributed by atoms with E-state index in [0.717, 1.165) is 44.9 Å². The standard InChI is InChI=1S/C33H42N4O2S/c1-4-27(21-30(38)22-34-3)32-13-9-8-12-28(32)23-36-16-18-37(19-17-36)29-14-15-31(25(2)20-29)33(39)35-40-24-26-10-6-5-7-11-26/h5-15,20-22,25,27,31,38H,4,16-19,23-24H2,1-3H3,(H,35,39)/b30-21?,34-22+. The molecule has 2 aromatic rings. The molecule has 1 aliphatic heterocycles. The van der Waals surface area contributed by atoms with Crippen LogP contribution >= 0.6 is 11.9 Å². The molecule has 1 amide bonds. The van der Waals surface area contributed by atoms with Gasteiger partial charge in [0.15, 0.2) is 0 Å². The van der Waals surface area contributed by atoms with Crippen LogP contribution in [0.3, 0.4) is 0 Å². The lowest BCUT2D eigenvalue weighted by molar-refractivity contribution is -0.122. The van der Waals surface area contributed by atoms with Crippen molar-refractivity contribution in [3.05, 3.63) is 107 Å². The number of hydrogen-bond acceptors (Lipinski definition) is 6. The molecule has 2 N–H and O–H groups in total. The van der Waals surface area contributed by atoms with Crippen LogP contribution in [0, 0.1) is 11.8 Å². The van der Waals surface area contributed by atoms with Crippen LogP contribution in [-0.4, -0.2) is 60.3 Å². The molecule has 4 rings (SSSR count). The van der Waals surface area contributed by atoms with Gasteiger partial charge in [-0.1, -0.05) is 80.6 Å². The Labute approximate surface area is 243 Å². The highest BCUT2D eigenvalue weighted by Crippen LogP contribution is 2.29. The maximum atomic E-state index is 12.8. The van der Waals surface area contributed by atoms with Gasteiger partial charge in [0.1, 0.15) is 5.76 Å². The summed E-state index contributed by atoms with van der Waals surface area (Å²) in [6.45, 7) is 9.05. The summed E-state index contributed by atoms with van der Waals surface area (Å²) in [6.07, 6.45) is 10.8. The number of benzene rings is 2. The predicted octanol–water partition coefficient (Wildman–Crippen LogP) is 6.11. The summed E-state index contributed by atoms with van der Waals surface area (Å²) in [6, 6.07) is 18.8. The number of allylic oxidation sites excluding steroid dienone is 4. The normalized spacial score (nSPS) is 20.9. The van der Waals surface area contributed by atoms with Crippen molar-refractivity contribution in [2.75, 3.05) is 33.2 Å². The van der Waals surface area contributed by atoms with Gasteiger partial charge in [-0.3, -0.25) is 19.4 Å². The van der Waals surface area contributed by atoms with Crippen molar-refractivity contribution in [3.63, 3.8) is 0 Å². The van der Waals surface area contributed by atoms with Crippen molar-refractivity contribution in [3.8, 4) is 0 Å². The minimum atomic E-state index is -0.145. The number of hydrogen-bond donors (Lipinski definition) is 2. The molecule has 0 saturated carbocycles. The van der Waals surface area contributed by atoms with E-state index in [1.165, 1.54) is 40.5 Å². The van der Waals surface area contributed by atoms with Crippen molar-refractivity contribution >= 4 is 24.1 Å². The highest BCUT2D eigenvalue weighted by atomic mass is 32.2. The average molecular weight is 559 g/mol. The summed E-state index contributed by atoms with van der Waals surface area (Å²) in [5.74, 6) is 1.20. The zero-order chi connectivity index (χ0) is 28.3. The highest BCUT2D eigenvalue weighted by molar-refractivity contribution is 7.97. The maximum absolute atomic E-state index is 12.8. The van der Waals surface area contributed by atoms with Gasteiger partial charge in [0.25, 0.3) is 0 Å². The molecule has 1 fully saturated rings. The first-order valence-corrected chi connectivity index (χ1v) is 15.2. The van der Waals surface area contributed by atoms with Crippen LogP contribution in [0.15, 0.2) is 95.3 Å². The molecule has 0 radical (unpaired) electrons. The van der Waals surface area contributed by atoms with E-state index < -0.39 is 0 Å². The summed E-state index contributed by atoms with van der Waals surface area (Å²) in [4.78, 5) is 21.7. The third kappa shape index (κ3) is 8.12. The number of aliphatic hydroxyl groups is 1. The number of carbonyl (C=O) groups excluding carboxylic acids is 1. The average Bonchev–Trinajstić information content (AvgIpc) is 2.97. The van der Waals surface area contributed by atoms with Gasteiger partial charge in [0.2, 0.25) is 5.91 Å². The smallest absolute Gasteiger partial charge is 0.237 e. The van der Waals surface area contributed by atoms with E-state index in [1.54, 1.807) is 7.05 Å². The van der Waals surface area contributed by atoms with Gasteiger partial charge >= 0.3 is 0 Å². The Morgan fingerprint density at radius 2 is 1.85 bits per heavy atom. The van der Waals surface area contributed by atoms with Crippen LogP contribution in [0.5, 0.6) is 0 Å². The first kappa shape index (κ1) is 29.7. The molecule has 6 nitrogen and oxygen atoms in total. The van der Waals surface area contributed by atoms with Crippen LogP contribution in [-0.2, 0) is 17.1 Å². The lowest BCUT2D eigenvalue weighted by Crippen LogP contribution is -2.45. The predicted molar refractivity (Wildman–Crippen MR) is 167 cm³/mol. The number of nitrogens with one attached hydrogen (secondary N) is 1. The fourth-order valence-corrected chi connectivity index (χ4v) is 6.14. The molecule has 212 valence electrons. The van der Waals surface area contributed by atoms with Gasteiger partial charge in [-0.2, -0.15) is 0 Å². The van der Waals surface area contributed by atoms with Crippen molar-refractivity contribution in [1.82, 2.24) is 14.5 Å². The molecule has 1 saturated heterocycles. The first-order chi connectivity index (χ1) is 19.5. The van der Waals surface area contributed by atoms with Gasteiger partial charge < -0.3 is 10.0 Å². The zero-order valence-corrected chi connectivity index (χ0v) is 24.7. The van der Waals surface area contributed by atoms with E-state index in [4.69, 9.17) is 0 Å². The first-order valence-electron chi connectivity index (χ1n) is 14.2. The van der Waals surface area contributed by atoms with E-state index in [1.807, 2.05) is 24.3 Å².